The zero-order valence-corrected chi connectivity index (χ0v) is 9.72. The number of hydrogen-bond acceptors (Lipinski definition) is 3. The van der Waals surface area contributed by atoms with Crippen molar-refractivity contribution in [2.45, 2.75) is 12.8 Å². The molecule has 4 nitrogen and oxygen atoms in total. The summed E-state index contributed by atoms with van der Waals surface area (Å²) in [6.45, 7) is 4.45. The highest BCUT2D eigenvalue weighted by atomic mass is 16.5. The predicted octanol–water partition coefficient (Wildman–Crippen LogP) is 1.04. The second kappa shape index (κ2) is 5.17. The number of nitrogens with one attached hydrogen (secondary N) is 1. The fourth-order valence-electron chi connectivity index (χ4n) is 2.55. The Morgan fingerprint density at radius 1 is 1.65 bits per heavy atom. The highest BCUT2D eigenvalue weighted by Gasteiger charge is 2.42. The van der Waals surface area contributed by atoms with Gasteiger partial charge in [-0.05, 0) is 18.8 Å². The van der Waals surface area contributed by atoms with Crippen LogP contribution in [0.1, 0.15) is 12.8 Å². The van der Waals surface area contributed by atoms with Gasteiger partial charge in [0.05, 0.1) is 18.4 Å². The number of fused-ring (bicyclic) bond motifs is 1. The van der Waals surface area contributed by atoms with Crippen molar-refractivity contribution in [3.8, 4) is 0 Å². The number of rotatable bonds is 3. The van der Waals surface area contributed by atoms with Crippen LogP contribution in [-0.2, 0) is 14.3 Å². The van der Waals surface area contributed by atoms with Gasteiger partial charge in [-0.2, -0.15) is 0 Å². The summed E-state index contributed by atoms with van der Waals surface area (Å²) in [4.78, 5) is 23.7. The van der Waals surface area contributed by atoms with Gasteiger partial charge in [0.1, 0.15) is 0 Å². The smallest absolute Gasteiger partial charge is 0.310 e. The van der Waals surface area contributed by atoms with Gasteiger partial charge >= 0.3 is 5.97 Å². The Kier molecular flexibility index (Phi) is 3.61. The maximum atomic E-state index is 12.0. The van der Waals surface area contributed by atoms with Crippen molar-refractivity contribution in [1.82, 2.24) is 5.32 Å². The van der Waals surface area contributed by atoms with Crippen LogP contribution in [0.25, 0.3) is 0 Å². The molecular weight excluding hydrogens is 218 g/mol. The number of carbonyl (C=O) groups is 2. The molecule has 3 atom stereocenters. The van der Waals surface area contributed by atoms with Gasteiger partial charge in [-0.3, -0.25) is 9.59 Å². The molecule has 2 rings (SSSR count). The molecule has 17 heavy (non-hydrogen) atoms. The largest absolute Gasteiger partial charge is 0.465 e. The molecule has 4 heteroatoms. The molecule has 1 amide bonds. The number of ether oxygens (including phenoxy) is 1. The lowest BCUT2D eigenvalue weighted by atomic mass is 9.73. The molecule has 1 N–H and O–H groups in total. The average Bonchev–Trinajstić information content (AvgIpc) is 2.35. The fraction of sp³-hybridized carbons (Fsp3) is 0.538. The first-order valence-electron chi connectivity index (χ1n) is 5.96. The average molecular weight is 235 g/mol. The number of cyclic esters (lactones) is 1. The Bertz CT molecular complexity index is 362. The van der Waals surface area contributed by atoms with E-state index >= 15 is 0 Å². The number of esters is 1. The molecule has 2 aliphatic rings. The van der Waals surface area contributed by atoms with E-state index in [1.54, 1.807) is 6.08 Å². The van der Waals surface area contributed by atoms with Gasteiger partial charge in [0.2, 0.25) is 5.91 Å². The highest BCUT2D eigenvalue weighted by Crippen LogP contribution is 2.36. The molecule has 1 fully saturated rings. The molecule has 0 saturated carbocycles. The van der Waals surface area contributed by atoms with E-state index < -0.39 is 0 Å². The lowest BCUT2D eigenvalue weighted by Gasteiger charge is -2.35. The number of amides is 1. The third-order valence-corrected chi connectivity index (χ3v) is 3.39. The van der Waals surface area contributed by atoms with Crippen LogP contribution >= 0.6 is 0 Å². The summed E-state index contributed by atoms with van der Waals surface area (Å²) in [5, 5.41) is 2.76. The molecular formula is C13H17NO3. The second-order valence-corrected chi connectivity index (χ2v) is 4.45. The summed E-state index contributed by atoms with van der Waals surface area (Å²) >= 11 is 0. The maximum absolute atomic E-state index is 12.0. The van der Waals surface area contributed by atoms with Crippen molar-refractivity contribution in [3.63, 3.8) is 0 Å². The number of carbonyl (C=O) groups excluding carboxylic acids is 2. The first-order valence-corrected chi connectivity index (χ1v) is 5.96. The molecule has 1 heterocycles. The van der Waals surface area contributed by atoms with Crippen LogP contribution in [0.5, 0.6) is 0 Å². The lowest BCUT2D eigenvalue weighted by molar-refractivity contribution is -0.161. The Balaban J connectivity index is 2.10. The molecule has 0 aromatic carbocycles. The van der Waals surface area contributed by atoms with Crippen LogP contribution in [-0.4, -0.2) is 25.0 Å². The fourth-order valence-corrected chi connectivity index (χ4v) is 2.55. The first kappa shape index (κ1) is 11.9. The van der Waals surface area contributed by atoms with E-state index in [0.29, 0.717) is 19.6 Å². The van der Waals surface area contributed by atoms with Gasteiger partial charge in [0.25, 0.3) is 0 Å². The zero-order chi connectivity index (χ0) is 12.3. The Morgan fingerprint density at radius 2 is 2.47 bits per heavy atom. The first-order chi connectivity index (χ1) is 8.24. The van der Waals surface area contributed by atoms with E-state index in [-0.39, 0.29) is 29.6 Å². The summed E-state index contributed by atoms with van der Waals surface area (Å²) < 4.78 is 5.06. The van der Waals surface area contributed by atoms with Crippen molar-refractivity contribution < 1.29 is 14.3 Å². The molecule has 1 aliphatic heterocycles. The predicted molar refractivity (Wildman–Crippen MR) is 63.0 cm³/mol. The summed E-state index contributed by atoms with van der Waals surface area (Å²) in [6, 6.07) is 0. The molecule has 0 bridgehead atoms. The van der Waals surface area contributed by atoms with Crippen LogP contribution in [0.2, 0.25) is 0 Å². The van der Waals surface area contributed by atoms with Gasteiger partial charge in [-0.15, -0.1) is 6.58 Å². The number of allylic oxidation sites excluding steroid dienone is 2. The summed E-state index contributed by atoms with van der Waals surface area (Å²) in [7, 11) is 0. The third-order valence-electron chi connectivity index (χ3n) is 3.39. The van der Waals surface area contributed by atoms with Gasteiger partial charge in [0.15, 0.2) is 0 Å². The molecule has 0 aromatic rings. The topological polar surface area (TPSA) is 55.4 Å². The van der Waals surface area contributed by atoms with Crippen molar-refractivity contribution in [1.29, 1.82) is 0 Å². The van der Waals surface area contributed by atoms with E-state index in [9.17, 15) is 9.59 Å². The second-order valence-electron chi connectivity index (χ2n) is 4.45. The minimum atomic E-state index is -0.307. The van der Waals surface area contributed by atoms with E-state index in [2.05, 4.69) is 11.9 Å². The van der Waals surface area contributed by atoms with Crippen LogP contribution in [0, 0.1) is 17.8 Å². The SMILES string of the molecule is C=CCNC(=O)[C@@H]1CC=C[C@@H]2CCOC(=O)[C@@H]21. The Labute approximate surface area is 101 Å². The van der Waals surface area contributed by atoms with Crippen LogP contribution in [0.4, 0.5) is 0 Å². The van der Waals surface area contributed by atoms with Crippen LogP contribution in [0.15, 0.2) is 24.8 Å². The van der Waals surface area contributed by atoms with Crippen molar-refractivity contribution >= 4 is 11.9 Å². The van der Waals surface area contributed by atoms with E-state index in [0.717, 1.165) is 6.42 Å². The van der Waals surface area contributed by atoms with E-state index in [4.69, 9.17) is 4.74 Å². The van der Waals surface area contributed by atoms with Crippen LogP contribution in [0.3, 0.4) is 0 Å². The molecule has 0 radical (unpaired) electrons. The van der Waals surface area contributed by atoms with Gasteiger partial charge < -0.3 is 10.1 Å². The van der Waals surface area contributed by atoms with Gasteiger partial charge in [-0.25, -0.2) is 0 Å². The summed E-state index contributed by atoms with van der Waals surface area (Å²) in [5.41, 5.74) is 0. The molecule has 0 aromatic heterocycles. The minimum absolute atomic E-state index is 0.0805. The summed E-state index contributed by atoms with van der Waals surface area (Å²) in [6.07, 6.45) is 7.10. The lowest BCUT2D eigenvalue weighted by Crippen LogP contribution is -2.45. The van der Waals surface area contributed by atoms with E-state index in [1.807, 2.05) is 12.2 Å². The normalized spacial score (nSPS) is 31.3. The Hall–Kier alpha value is -1.58. The van der Waals surface area contributed by atoms with E-state index in [1.165, 1.54) is 0 Å². The van der Waals surface area contributed by atoms with Gasteiger partial charge in [-0.1, -0.05) is 18.2 Å². The minimum Gasteiger partial charge on any atom is -0.465 e. The standard InChI is InChI=1S/C13H17NO3/c1-2-7-14-12(15)10-5-3-4-9-6-8-17-13(16)11(9)10/h2-4,9-11H,1,5-8H2,(H,14,15)/t9-,10-,11+/m1/s1. The quantitative estimate of drug-likeness (QED) is 0.587. The van der Waals surface area contributed by atoms with Crippen molar-refractivity contribution in [2.24, 2.45) is 17.8 Å². The molecule has 0 unspecified atom stereocenters. The maximum Gasteiger partial charge on any atom is 0.310 e. The zero-order valence-electron chi connectivity index (χ0n) is 9.72. The highest BCUT2D eigenvalue weighted by molar-refractivity contribution is 5.86. The Morgan fingerprint density at radius 3 is 3.24 bits per heavy atom. The van der Waals surface area contributed by atoms with Crippen molar-refractivity contribution in [3.05, 3.63) is 24.8 Å². The van der Waals surface area contributed by atoms with Gasteiger partial charge in [0, 0.05) is 6.54 Å². The van der Waals surface area contributed by atoms with Crippen LogP contribution < -0.4 is 5.32 Å². The molecule has 92 valence electrons. The summed E-state index contributed by atoms with van der Waals surface area (Å²) in [5.74, 6) is -0.756. The third kappa shape index (κ3) is 2.40. The molecule has 1 saturated heterocycles. The monoisotopic (exact) mass is 235 g/mol. The van der Waals surface area contributed by atoms with Crippen molar-refractivity contribution in [2.75, 3.05) is 13.2 Å². The molecule has 0 spiro atoms. The number of hydrogen-bond donors (Lipinski definition) is 1. The molecule has 1 aliphatic carbocycles.